The summed E-state index contributed by atoms with van der Waals surface area (Å²) in [6.45, 7) is 6.17. The highest BCUT2D eigenvalue weighted by Crippen LogP contribution is 2.37. The smallest absolute Gasteiger partial charge is 0.200 e. The summed E-state index contributed by atoms with van der Waals surface area (Å²) in [5.74, 6) is 1.47. The lowest BCUT2D eigenvalue weighted by atomic mass is 10.1. The lowest BCUT2D eigenvalue weighted by molar-refractivity contribution is 0.339. The number of guanidine groups is 1. The van der Waals surface area contributed by atoms with Gasteiger partial charge in [-0.2, -0.15) is 0 Å². The minimum absolute atomic E-state index is 0.00674. The highest BCUT2D eigenvalue weighted by Gasteiger charge is 2.11. The Labute approximate surface area is 183 Å². The van der Waals surface area contributed by atoms with E-state index in [0.29, 0.717) is 18.0 Å². The van der Waals surface area contributed by atoms with Gasteiger partial charge in [0.1, 0.15) is 0 Å². The number of aromatic nitrogens is 1. The summed E-state index contributed by atoms with van der Waals surface area (Å²) in [7, 11) is 3.03. The molecule has 0 aliphatic carbocycles. The van der Waals surface area contributed by atoms with Crippen LogP contribution in [0.4, 0.5) is 0 Å². The van der Waals surface area contributed by atoms with Gasteiger partial charge in [-0.3, -0.25) is 0 Å². The van der Waals surface area contributed by atoms with Gasteiger partial charge in [0.25, 0.3) is 0 Å². The van der Waals surface area contributed by atoms with Gasteiger partial charge >= 0.3 is 0 Å². The van der Waals surface area contributed by atoms with Crippen molar-refractivity contribution < 1.29 is 14.6 Å². The van der Waals surface area contributed by atoms with Crippen LogP contribution in [0.15, 0.2) is 41.5 Å². The van der Waals surface area contributed by atoms with Crippen LogP contribution in [0.1, 0.15) is 30.5 Å². The van der Waals surface area contributed by atoms with E-state index in [0.717, 1.165) is 37.5 Å². The van der Waals surface area contributed by atoms with E-state index in [9.17, 15) is 5.11 Å². The van der Waals surface area contributed by atoms with Crippen molar-refractivity contribution in [2.45, 2.75) is 33.2 Å². The molecule has 7 nitrogen and oxygen atoms in total. The number of phenolic OH excluding ortho intramolecular Hbond substituents is 1. The molecule has 31 heavy (non-hydrogen) atoms. The van der Waals surface area contributed by atoms with Gasteiger partial charge in [-0.1, -0.05) is 25.1 Å². The Morgan fingerprint density at radius 3 is 2.45 bits per heavy atom. The molecule has 0 aliphatic rings. The molecule has 1 heterocycles. The Bertz CT molecular complexity index is 1020. The van der Waals surface area contributed by atoms with Crippen LogP contribution in [0, 0.1) is 0 Å². The first-order valence-electron chi connectivity index (χ1n) is 10.6. The maximum atomic E-state index is 10.1. The van der Waals surface area contributed by atoms with Crippen LogP contribution < -0.4 is 20.1 Å². The van der Waals surface area contributed by atoms with E-state index < -0.39 is 0 Å². The standard InChI is InChI=1S/C24H32N4O3/c1-5-17-8-7-9-19-18(15-27-22(17)19)10-11-26-24(25-6-2)28-14-16-12-20(30-3)23(29)21(13-16)31-4/h7-9,12-13,15,27,29H,5-6,10-11,14H2,1-4H3,(H2,25,26,28). The molecule has 0 saturated carbocycles. The Morgan fingerprint density at radius 2 is 1.81 bits per heavy atom. The molecule has 0 spiro atoms. The van der Waals surface area contributed by atoms with Crippen molar-refractivity contribution in [1.29, 1.82) is 0 Å². The third kappa shape index (κ3) is 5.23. The predicted molar refractivity (Wildman–Crippen MR) is 125 cm³/mol. The van der Waals surface area contributed by atoms with Crippen LogP contribution in [0.3, 0.4) is 0 Å². The number of H-pyrrole nitrogens is 1. The molecule has 2 aromatic carbocycles. The number of phenols is 1. The van der Waals surface area contributed by atoms with E-state index in [2.05, 4.69) is 51.9 Å². The summed E-state index contributed by atoms with van der Waals surface area (Å²) in [5.41, 5.74) is 4.75. The number of hydrogen-bond acceptors (Lipinski definition) is 4. The van der Waals surface area contributed by atoms with E-state index in [1.54, 1.807) is 12.1 Å². The van der Waals surface area contributed by atoms with Crippen molar-refractivity contribution in [3.8, 4) is 17.2 Å². The molecular formula is C24H32N4O3. The highest BCUT2D eigenvalue weighted by atomic mass is 16.5. The Morgan fingerprint density at radius 1 is 1.06 bits per heavy atom. The molecule has 7 heteroatoms. The van der Waals surface area contributed by atoms with Crippen molar-refractivity contribution in [2.75, 3.05) is 27.3 Å². The molecule has 0 unspecified atom stereocenters. The van der Waals surface area contributed by atoms with Gasteiger partial charge in [-0.05, 0) is 48.6 Å². The molecule has 0 radical (unpaired) electrons. The molecule has 0 fully saturated rings. The lowest BCUT2D eigenvalue weighted by Gasteiger charge is -2.13. The number of nitrogens with one attached hydrogen (secondary N) is 3. The molecule has 0 saturated heterocycles. The number of benzene rings is 2. The Balaban J connectivity index is 1.67. The Kier molecular flexibility index (Phi) is 7.65. The van der Waals surface area contributed by atoms with Gasteiger partial charge in [0.15, 0.2) is 17.5 Å². The molecule has 3 rings (SSSR count). The van der Waals surface area contributed by atoms with Crippen LogP contribution in [0.25, 0.3) is 10.9 Å². The number of nitrogens with zero attached hydrogens (tertiary/aromatic N) is 1. The number of rotatable bonds is 9. The second-order valence-electron chi connectivity index (χ2n) is 7.23. The number of hydrogen-bond donors (Lipinski definition) is 4. The van der Waals surface area contributed by atoms with Crippen molar-refractivity contribution in [3.05, 3.63) is 53.2 Å². The molecule has 0 bridgehead atoms. The maximum absolute atomic E-state index is 10.1. The average molecular weight is 425 g/mol. The fourth-order valence-corrected chi connectivity index (χ4v) is 3.64. The summed E-state index contributed by atoms with van der Waals surface area (Å²) in [6.07, 6.45) is 4.00. The lowest BCUT2D eigenvalue weighted by Crippen LogP contribution is -2.38. The number of aryl methyl sites for hydroxylation is 1. The first-order valence-corrected chi connectivity index (χ1v) is 10.6. The largest absolute Gasteiger partial charge is 0.502 e. The SMILES string of the molecule is CCNC(=NCc1cc(OC)c(O)c(OC)c1)NCCc1c[nH]c2c(CC)cccc12. The fraction of sp³-hybridized carbons (Fsp3) is 0.375. The molecule has 166 valence electrons. The van der Waals surface area contributed by atoms with Gasteiger partial charge in [-0.15, -0.1) is 0 Å². The molecular weight excluding hydrogens is 392 g/mol. The van der Waals surface area contributed by atoms with Crippen molar-refractivity contribution in [3.63, 3.8) is 0 Å². The second-order valence-corrected chi connectivity index (χ2v) is 7.23. The van der Waals surface area contributed by atoms with E-state index >= 15 is 0 Å². The minimum Gasteiger partial charge on any atom is -0.502 e. The molecule has 0 amide bonds. The third-order valence-electron chi connectivity index (χ3n) is 5.26. The van der Waals surface area contributed by atoms with Crippen LogP contribution in [-0.2, 0) is 19.4 Å². The predicted octanol–water partition coefficient (Wildman–Crippen LogP) is 3.75. The summed E-state index contributed by atoms with van der Waals surface area (Å²) in [6, 6.07) is 10.00. The number of aliphatic imine (C=N–C) groups is 1. The zero-order chi connectivity index (χ0) is 22.2. The monoisotopic (exact) mass is 424 g/mol. The van der Waals surface area contributed by atoms with Gasteiger partial charge < -0.3 is 30.2 Å². The zero-order valence-corrected chi connectivity index (χ0v) is 18.7. The topological polar surface area (TPSA) is 90.9 Å². The van der Waals surface area contributed by atoms with E-state index in [1.807, 2.05) is 6.92 Å². The van der Waals surface area contributed by atoms with E-state index in [1.165, 1.54) is 36.2 Å². The molecule has 0 atom stereocenters. The second kappa shape index (κ2) is 10.6. The molecule has 3 aromatic rings. The van der Waals surface area contributed by atoms with E-state index in [-0.39, 0.29) is 5.75 Å². The summed E-state index contributed by atoms with van der Waals surface area (Å²) < 4.78 is 10.5. The average Bonchev–Trinajstić information content (AvgIpc) is 3.21. The molecule has 0 aliphatic heterocycles. The van der Waals surface area contributed by atoms with Gasteiger partial charge in [0, 0.05) is 30.2 Å². The van der Waals surface area contributed by atoms with Gasteiger partial charge in [0.2, 0.25) is 5.75 Å². The number of methoxy groups -OCH3 is 2. The number of para-hydroxylation sites is 1. The number of aromatic hydroxyl groups is 1. The minimum atomic E-state index is -0.00674. The zero-order valence-electron chi connectivity index (χ0n) is 18.7. The summed E-state index contributed by atoms with van der Waals surface area (Å²) in [5, 5.41) is 18.0. The summed E-state index contributed by atoms with van der Waals surface area (Å²) >= 11 is 0. The van der Waals surface area contributed by atoms with Gasteiger partial charge in [-0.25, -0.2) is 4.99 Å². The van der Waals surface area contributed by atoms with Crippen molar-refractivity contribution in [2.24, 2.45) is 4.99 Å². The van der Waals surface area contributed by atoms with Crippen molar-refractivity contribution in [1.82, 2.24) is 15.6 Å². The molecule has 1 aromatic heterocycles. The van der Waals surface area contributed by atoms with Crippen molar-refractivity contribution >= 4 is 16.9 Å². The third-order valence-corrected chi connectivity index (χ3v) is 5.26. The van der Waals surface area contributed by atoms with Crippen LogP contribution >= 0.6 is 0 Å². The Hall–Kier alpha value is -3.35. The first-order chi connectivity index (χ1) is 15.1. The van der Waals surface area contributed by atoms with Crippen LogP contribution in [-0.4, -0.2) is 43.4 Å². The first kappa shape index (κ1) is 22.3. The van der Waals surface area contributed by atoms with Crippen LogP contribution in [0.5, 0.6) is 17.2 Å². The van der Waals surface area contributed by atoms with Gasteiger partial charge in [0.05, 0.1) is 20.8 Å². The maximum Gasteiger partial charge on any atom is 0.200 e. The quantitative estimate of drug-likeness (QED) is 0.310. The number of ether oxygens (including phenoxy) is 2. The normalized spacial score (nSPS) is 11.5. The van der Waals surface area contributed by atoms with E-state index in [4.69, 9.17) is 9.47 Å². The molecule has 4 N–H and O–H groups in total. The highest BCUT2D eigenvalue weighted by molar-refractivity contribution is 5.86. The fourth-order valence-electron chi connectivity index (χ4n) is 3.64. The summed E-state index contributed by atoms with van der Waals surface area (Å²) in [4.78, 5) is 8.09. The van der Waals surface area contributed by atoms with Crippen LogP contribution in [0.2, 0.25) is 0 Å². The number of fused-ring (bicyclic) bond motifs is 1. The number of aromatic amines is 1.